The van der Waals surface area contributed by atoms with E-state index in [0.717, 1.165) is 13.0 Å². The van der Waals surface area contributed by atoms with Gasteiger partial charge in [0.15, 0.2) is 0 Å². The Morgan fingerprint density at radius 3 is 2.59 bits per heavy atom. The third kappa shape index (κ3) is 3.07. The maximum absolute atomic E-state index is 12.1. The molecule has 2 aliphatic heterocycles. The lowest BCUT2D eigenvalue weighted by Gasteiger charge is -2.33. The summed E-state index contributed by atoms with van der Waals surface area (Å²) in [5.74, 6) is 0.511. The summed E-state index contributed by atoms with van der Waals surface area (Å²) in [7, 11) is 7.07. The fourth-order valence-electron chi connectivity index (χ4n) is 4.54. The number of carbonyl (C=O) groups excluding carboxylic acids is 1. The van der Waals surface area contributed by atoms with Crippen LogP contribution in [-0.4, -0.2) is 41.2 Å². The van der Waals surface area contributed by atoms with Crippen LogP contribution in [0.3, 0.4) is 0 Å². The standard InChI is InChI=1S/C16H28N2O2P2/c1-17-13-8-6-4-2-3-5-7-11(13)12-9-14(16(19)20-22)18(21)10-15(12)17/h11,13-14H,2-10,21-22H2,1H3. The van der Waals surface area contributed by atoms with Gasteiger partial charge in [-0.15, -0.1) is 0 Å². The summed E-state index contributed by atoms with van der Waals surface area (Å²) in [5, 5.41) is 0. The molecule has 5 unspecified atom stereocenters. The molecule has 0 aromatic rings. The molecule has 0 spiro atoms. The number of hydrogen-bond acceptors (Lipinski definition) is 4. The minimum absolute atomic E-state index is 0.138. The van der Waals surface area contributed by atoms with E-state index in [0.29, 0.717) is 12.0 Å². The van der Waals surface area contributed by atoms with Crippen molar-refractivity contribution >= 4 is 24.8 Å². The zero-order valence-electron chi connectivity index (χ0n) is 13.5. The summed E-state index contributed by atoms with van der Waals surface area (Å²) in [6, 6.07) is 0.494. The van der Waals surface area contributed by atoms with Crippen molar-refractivity contribution in [2.75, 3.05) is 13.6 Å². The molecule has 0 aromatic heterocycles. The maximum atomic E-state index is 12.1. The number of fused-ring (bicyclic) bond motifs is 2. The molecule has 22 heavy (non-hydrogen) atoms. The first-order valence-corrected chi connectivity index (χ1v) is 9.49. The molecule has 0 N–H and O–H groups in total. The van der Waals surface area contributed by atoms with Crippen LogP contribution in [0.1, 0.15) is 51.4 Å². The SMILES string of the molecule is CN1C2=C(CC(C(=O)OP)N(P)C2)C2CCCCCCCC21. The van der Waals surface area contributed by atoms with Gasteiger partial charge < -0.3 is 9.42 Å². The van der Waals surface area contributed by atoms with E-state index in [2.05, 4.69) is 35.5 Å². The third-order valence-corrected chi connectivity index (χ3v) is 6.53. The van der Waals surface area contributed by atoms with Crippen molar-refractivity contribution in [2.45, 2.75) is 63.5 Å². The van der Waals surface area contributed by atoms with Crippen LogP contribution in [0.25, 0.3) is 0 Å². The van der Waals surface area contributed by atoms with Gasteiger partial charge in [-0.2, -0.15) is 0 Å². The Labute approximate surface area is 138 Å². The first kappa shape index (κ1) is 16.7. The van der Waals surface area contributed by atoms with Gasteiger partial charge in [-0.3, -0.25) is 9.46 Å². The van der Waals surface area contributed by atoms with Crippen LogP contribution in [0, 0.1) is 5.92 Å². The van der Waals surface area contributed by atoms with E-state index in [9.17, 15) is 4.79 Å². The van der Waals surface area contributed by atoms with Crippen LogP contribution in [-0.2, 0) is 9.32 Å². The highest BCUT2D eigenvalue weighted by Gasteiger charge is 2.43. The second-order valence-corrected chi connectivity index (χ2v) is 7.83. The molecule has 124 valence electrons. The summed E-state index contributed by atoms with van der Waals surface area (Å²) < 4.78 is 6.99. The van der Waals surface area contributed by atoms with Gasteiger partial charge in [0.25, 0.3) is 0 Å². The molecule has 3 rings (SSSR count). The Morgan fingerprint density at radius 1 is 1.18 bits per heavy atom. The largest absolute Gasteiger partial charge is 0.450 e. The van der Waals surface area contributed by atoms with Crippen molar-refractivity contribution < 1.29 is 9.32 Å². The van der Waals surface area contributed by atoms with Gasteiger partial charge in [-0.1, -0.05) is 41.5 Å². The highest BCUT2D eigenvalue weighted by molar-refractivity contribution is 7.13. The predicted molar refractivity (Wildman–Crippen MR) is 95.0 cm³/mol. The van der Waals surface area contributed by atoms with Crippen molar-refractivity contribution in [2.24, 2.45) is 5.92 Å². The van der Waals surface area contributed by atoms with Gasteiger partial charge in [-0.05, 0) is 24.8 Å². The second-order valence-electron chi connectivity index (χ2n) is 6.93. The van der Waals surface area contributed by atoms with Crippen molar-refractivity contribution in [1.29, 1.82) is 0 Å². The summed E-state index contributed by atoms with van der Waals surface area (Å²) >= 11 is 0. The lowest BCUT2D eigenvalue weighted by molar-refractivity contribution is -0.137. The van der Waals surface area contributed by atoms with E-state index in [1.165, 1.54) is 56.2 Å². The Kier molecular flexibility index (Phi) is 5.43. The van der Waals surface area contributed by atoms with E-state index in [4.69, 9.17) is 4.52 Å². The molecule has 3 aliphatic rings. The van der Waals surface area contributed by atoms with E-state index < -0.39 is 0 Å². The minimum atomic E-state index is -0.152. The Bertz CT molecular complexity index is 469. The fourth-order valence-corrected chi connectivity index (χ4v) is 5.10. The van der Waals surface area contributed by atoms with E-state index >= 15 is 0 Å². The highest BCUT2D eigenvalue weighted by atomic mass is 31.0. The third-order valence-electron chi connectivity index (χ3n) is 5.76. The van der Waals surface area contributed by atoms with Crippen LogP contribution in [0.4, 0.5) is 0 Å². The summed E-state index contributed by atoms with van der Waals surface area (Å²) in [6.07, 6.45) is 10.2. The molecule has 0 saturated heterocycles. The average Bonchev–Trinajstić information content (AvgIpc) is 2.83. The molecule has 2 heterocycles. The molecule has 4 nitrogen and oxygen atoms in total. The number of likely N-dealkylation sites (N-methyl/N-ethyl adjacent to an activating group) is 1. The van der Waals surface area contributed by atoms with E-state index in [1.807, 2.05) is 0 Å². The first-order valence-electron chi connectivity index (χ1n) is 8.50. The zero-order valence-corrected chi connectivity index (χ0v) is 15.8. The molecule has 0 aromatic carbocycles. The van der Waals surface area contributed by atoms with Crippen LogP contribution in [0.15, 0.2) is 11.3 Å². The molecule has 5 atom stereocenters. The lowest BCUT2D eigenvalue weighted by Crippen LogP contribution is -2.41. The Balaban J connectivity index is 1.84. The van der Waals surface area contributed by atoms with Crippen LogP contribution in [0.5, 0.6) is 0 Å². The maximum Gasteiger partial charge on any atom is 0.326 e. The quantitative estimate of drug-likeness (QED) is 0.686. The number of hydrogen-bond donors (Lipinski definition) is 0. The van der Waals surface area contributed by atoms with Crippen molar-refractivity contribution in [3.8, 4) is 0 Å². The van der Waals surface area contributed by atoms with Crippen LogP contribution >= 0.6 is 18.9 Å². The average molecular weight is 342 g/mol. The molecular formula is C16H28N2O2P2. The minimum Gasteiger partial charge on any atom is -0.450 e. The predicted octanol–water partition coefficient (Wildman–Crippen LogP) is 3.11. The van der Waals surface area contributed by atoms with Crippen molar-refractivity contribution in [1.82, 2.24) is 9.57 Å². The van der Waals surface area contributed by atoms with Crippen LogP contribution < -0.4 is 0 Å². The van der Waals surface area contributed by atoms with Gasteiger partial charge in [0.2, 0.25) is 0 Å². The normalized spacial score (nSPS) is 33.6. The molecule has 1 saturated carbocycles. The highest BCUT2D eigenvalue weighted by Crippen LogP contribution is 2.45. The van der Waals surface area contributed by atoms with E-state index in [1.54, 1.807) is 0 Å². The van der Waals surface area contributed by atoms with Gasteiger partial charge in [-0.25, -0.2) is 0 Å². The van der Waals surface area contributed by atoms with Crippen molar-refractivity contribution in [3.63, 3.8) is 0 Å². The Morgan fingerprint density at radius 2 is 1.86 bits per heavy atom. The number of rotatable bonds is 1. The molecule has 1 aliphatic carbocycles. The van der Waals surface area contributed by atoms with Crippen molar-refractivity contribution in [3.05, 3.63) is 11.3 Å². The molecule has 6 heteroatoms. The Hall–Kier alpha value is -0.170. The van der Waals surface area contributed by atoms with Crippen LogP contribution in [0.2, 0.25) is 0 Å². The first-order chi connectivity index (χ1) is 10.6. The topological polar surface area (TPSA) is 32.8 Å². The lowest BCUT2D eigenvalue weighted by atomic mass is 9.83. The smallest absolute Gasteiger partial charge is 0.326 e. The number of nitrogens with zero attached hydrogens (tertiary/aromatic N) is 2. The fraction of sp³-hybridized carbons (Fsp3) is 0.812. The second kappa shape index (κ2) is 7.16. The monoisotopic (exact) mass is 342 g/mol. The molecular weight excluding hydrogens is 314 g/mol. The van der Waals surface area contributed by atoms with E-state index in [-0.39, 0.29) is 12.0 Å². The molecule has 1 fully saturated rings. The summed E-state index contributed by atoms with van der Waals surface area (Å²) in [5.41, 5.74) is 2.99. The van der Waals surface area contributed by atoms with Gasteiger partial charge in [0, 0.05) is 31.2 Å². The molecule has 0 amide bonds. The van der Waals surface area contributed by atoms with Gasteiger partial charge in [0.05, 0.1) is 9.47 Å². The molecule has 0 radical (unpaired) electrons. The van der Waals surface area contributed by atoms with Gasteiger partial charge in [0.1, 0.15) is 6.04 Å². The summed E-state index contributed by atoms with van der Waals surface area (Å²) in [6.45, 7) is 0.841. The number of carbonyl (C=O) groups is 1. The zero-order chi connectivity index (χ0) is 15.7. The molecule has 0 bridgehead atoms. The van der Waals surface area contributed by atoms with Gasteiger partial charge >= 0.3 is 5.97 Å². The summed E-state index contributed by atoms with van der Waals surface area (Å²) in [4.78, 5) is 14.6.